The molecule has 20 heavy (non-hydrogen) atoms. The Morgan fingerprint density at radius 3 is 2.95 bits per heavy atom. The quantitative estimate of drug-likeness (QED) is 0.927. The van der Waals surface area contributed by atoms with E-state index in [1.165, 1.54) is 25.3 Å². The van der Waals surface area contributed by atoms with Crippen molar-refractivity contribution in [2.45, 2.75) is 50.6 Å². The number of fused-ring (bicyclic) bond motifs is 1. The molecule has 1 N–H and O–H groups in total. The summed E-state index contributed by atoms with van der Waals surface area (Å²) in [6, 6.07) is 5.83. The minimum atomic E-state index is -0.201. The molecule has 2 aliphatic rings. The van der Waals surface area contributed by atoms with Crippen molar-refractivity contribution in [1.82, 2.24) is 14.9 Å². The van der Waals surface area contributed by atoms with Crippen LogP contribution >= 0.6 is 0 Å². The maximum absolute atomic E-state index is 14.1. The van der Waals surface area contributed by atoms with Gasteiger partial charge < -0.3 is 9.88 Å². The van der Waals surface area contributed by atoms with Crippen LogP contribution in [0.2, 0.25) is 0 Å². The van der Waals surface area contributed by atoms with Crippen LogP contribution in [-0.4, -0.2) is 16.1 Å². The molecule has 0 radical (unpaired) electrons. The molecule has 1 saturated carbocycles. The van der Waals surface area contributed by atoms with Gasteiger partial charge in [0.1, 0.15) is 11.3 Å². The van der Waals surface area contributed by atoms with Crippen molar-refractivity contribution in [2.75, 3.05) is 6.54 Å². The first-order valence-corrected chi connectivity index (χ1v) is 7.67. The van der Waals surface area contributed by atoms with Crippen LogP contribution < -0.4 is 5.32 Å². The molecule has 1 unspecified atom stereocenters. The molecular weight excluding hydrogens is 253 g/mol. The van der Waals surface area contributed by atoms with Gasteiger partial charge in [0, 0.05) is 6.04 Å². The second kappa shape index (κ2) is 4.29. The highest BCUT2D eigenvalue weighted by atomic mass is 19.1. The van der Waals surface area contributed by atoms with E-state index in [0.717, 1.165) is 30.7 Å². The van der Waals surface area contributed by atoms with Crippen molar-refractivity contribution in [3.8, 4) is 0 Å². The van der Waals surface area contributed by atoms with E-state index in [1.807, 2.05) is 6.07 Å². The van der Waals surface area contributed by atoms with Gasteiger partial charge in [-0.05, 0) is 50.8 Å². The van der Waals surface area contributed by atoms with E-state index >= 15 is 0 Å². The summed E-state index contributed by atoms with van der Waals surface area (Å²) >= 11 is 0. The van der Waals surface area contributed by atoms with Crippen molar-refractivity contribution in [2.24, 2.45) is 0 Å². The van der Waals surface area contributed by atoms with E-state index < -0.39 is 0 Å². The standard InChI is InChI=1S/C16H20FN3/c1-2-16(9-4-10-18-16)15-19-14-12(17)5-3-6-13(14)20(15)11-7-8-11/h3,5-6,11,18H,2,4,7-10H2,1H3. The second-order valence-electron chi connectivity index (χ2n) is 6.11. The molecule has 2 aromatic rings. The average Bonchev–Trinajstić information content (AvgIpc) is 3.04. The predicted molar refractivity (Wildman–Crippen MR) is 77.2 cm³/mol. The third-order valence-corrected chi connectivity index (χ3v) is 4.86. The van der Waals surface area contributed by atoms with Crippen LogP contribution in [0.25, 0.3) is 11.0 Å². The van der Waals surface area contributed by atoms with Crippen LogP contribution in [0.3, 0.4) is 0 Å². The van der Waals surface area contributed by atoms with Gasteiger partial charge in [0.2, 0.25) is 0 Å². The highest BCUT2D eigenvalue weighted by Gasteiger charge is 2.41. The molecule has 1 aromatic carbocycles. The lowest BCUT2D eigenvalue weighted by atomic mass is 9.93. The SMILES string of the molecule is CCC1(c2nc3c(F)cccc3n2C2CC2)CCCN1. The maximum atomic E-state index is 14.1. The second-order valence-corrected chi connectivity index (χ2v) is 6.11. The van der Waals surface area contributed by atoms with Crippen molar-refractivity contribution in [3.63, 3.8) is 0 Å². The Morgan fingerprint density at radius 1 is 1.45 bits per heavy atom. The number of hydrogen-bond donors (Lipinski definition) is 1. The van der Waals surface area contributed by atoms with Gasteiger partial charge >= 0.3 is 0 Å². The zero-order valence-corrected chi connectivity index (χ0v) is 11.8. The Balaban J connectivity index is 1.98. The molecule has 1 aliphatic carbocycles. The van der Waals surface area contributed by atoms with Crippen LogP contribution in [0.5, 0.6) is 0 Å². The van der Waals surface area contributed by atoms with Crippen molar-refractivity contribution in [1.29, 1.82) is 0 Å². The summed E-state index contributed by atoms with van der Waals surface area (Å²) in [6.45, 7) is 3.23. The lowest BCUT2D eigenvalue weighted by Gasteiger charge is -2.28. The Bertz CT molecular complexity index is 651. The molecule has 1 aromatic heterocycles. The summed E-state index contributed by atoms with van der Waals surface area (Å²) in [6.07, 6.45) is 5.65. The third-order valence-electron chi connectivity index (χ3n) is 4.86. The van der Waals surface area contributed by atoms with E-state index in [2.05, 4.69) is 16.8 Å². The smallest absolute Gasteiger partial charge is 0.151 e. The number of para-hydroxylation sites is 1. The van der Waals surface area contributed by atoms with Gasteiger partial charge in [-0.3, -0.25) is 0 Å². The Hall–Kier alpha value is -1.42. The molecule has 4 heteroatoms. The van der Waals surface area contributed by atoms with Gasteiger partial charge in [-0.15, -0.1) is 0 Å². The number of halogens is 1. The van der Waals surface area contributed by atoms with Gasteiger partial charge in [0.15, 0.2) is 5.82 Å². The number of imidazole rings is 1. The van der Waals surface area contributed by atoms with E-state index in [9.17, 15) is 4.39 Å². The Morgan fingerprint density at radius 2 is 2.30 bits per heavy atom. The summed E-state index contributed by atoms with van der Waals surface area (Å²) in [4.78, 5) is 4.72. The van der Waals surface area contributed by atoms with E-state index in [-0.39, 0.29) is 11.4 Å². The van der Waals surface area contributed by atoms with Crippen LogP contribution in [0.1, 0.15) is 50.9 Å². The number of rotatable bonds is 3. The monoisotopic (exact) mass is 273 g/mol. The lowest BCUT2D eigenvalue weighted by Crippen LogP contribution is -2.38. The molecule has 2 fully saturated rings. The van der Waals surface area contributed by atoms with E-state index in [4.69, 9.17) is 4.98 Å². The topological polar surface area (TPSA) is 29.9 Å². The van der Waals surface area contributed by atoms with Crippen LogP contribution in [0.4, 0.5) is 4.39 Å². The normalized spacial score (nSPS) is 26.5. The highest BCUT2D eigenvalue weighted by Crippen LogP contribution is 2.44. The van der Waals surface area contributed by atoms with Gasteiger partial charge in [0.25, 0.3) is 0 Å². The van der Waals surface area contributed by atoms with Crippen molar-refractivity contribution in [3.05, 3.63) is 29.8 Å². The first-order valence-electron chi connectivity index (χ1n) is 7.67. The molecule has 1 aliphatic heterocycles. The molecule has 3 nitrogen and oxygen atoms in total. The van der Waals surface area contributed by atoms with Crippen molar-refractivity contribution < 1.29 is 4.39 Å². The largest absolute Gasteiger partial charge is 0.323 e. The number of hydrogen-bond acceptors (Lipinski definition) is 2. The zero-order valence-electron chi connectivity index (χ0n) is 11.8. The minimum absolute atomic E-state index is 0.0615. The van der Waals surface area contributed by atoms with Gasteiger partial charge in [-0.1, -0.05) is 13.0 Å². The first kappa shape index (κ1) is 12.3. The molecule has 0 bridgehead atoms. The lowest BCUT2D eigenvalue weighted by molar-refractivity contribution is 0.339. The fourth-order valence-corrected chi connectivity index (χ4v) is 3.58. The number of nitrogens with zero attached hydrogens (tertiary/aromatic N) is 2. The first-order chi connectivity index (χ1) is 9.75. The predicted octanol–water partition coefficient (Wildman–Crippen LogP) is 3.50. The van der Waals surface area contributed by atoms with Gasteiger partial charge in [-0.2, -0.15) is 0 Å². The summed E-state index contributed by atoms with van der Waals surface area (Å²) in [5.41, 5.74) is 1.44. The summed E-state index contributed by atoms with van der Waals surface area (Å²) in [7, 11) is 0. The highest BCUT2D eigenvalue weighted by molar-refractivity contribution is 5.77. The van der Waals surface area contributed by atoms with Crippen LogP contribution in [0, 0.1) is 5.82 Å². The molecule has 2 heterocycles. The average molecular weight is 273 g/mol. The van der Waals surface area contributed by atoms with Gasteiger partial charge in [-0.25, -0.2) is 9.37 Å². The molecule has 0 amide bonds. The van der Waals surface area contributed by atoms with Crippen LogP contribution in [-0.2, 0) is 5.54 Å². The number of nitrogens with one attached hydrogen (secondary N) is 1. The zero-order chi connectivity index (χ0) is 13.7. The van der Waals surface area contributed by atoms with Gasteiger partial charge in [0.05, 0.1) is 11.1 Å². The molecule has 1 atom stereocenters. The number of benzene rings is 1. The summed E-state index contributed by atoms with van der Waals surface area (Å²) in [5, 5.41) is 3.63. The summed E-state index contributed by atoms with van der Waals surface area (Å²) in [5.74, 6) is 0.854. The maximum Gasteiger partial charge on any atom is 0.151 e. The molecule has 0 spiro atoms. The van der Waals surface area contributed by atoms with Crippen LogP contribution in [0.15, 0.2) is 18.2 Å². The van der Waals surface area contributed by atoms with E-state index in [1.54, 1.807) is 6.07 Å². The Kier molecular flexibility index (Phi) is 2.64. The summed E-state index contributed by atoms with van der Waals surface area (Å²) < 4.78 is 16.4. The third kappa shape index (κ3) is 1.64. The fraction of sp³-hybridized carbons (Fsp3) is 0.562. The molecule has 106 valence electrons. The number of aromatic nitrogens is 2. The minimum Gasteiger partial charge on any atom is -0.323 e. The Labute approximate surface area is 118 Å². The van der Waals surface area contributed by atoms with E-state index in [0.29, 0.717) is 11.6 Å². The molecule has 1 saturated heterocycles. The van der Waals surface area contributed by atoms with Crippen molar-refractivity contribution >= 4 is 11.0 Å². The fourth-order valence-electron chi connectivity index (χ4n) is 3.58. The molecule has 4 rings (SSSR count). The molecular formula is C16H20FN3.